The Morgan fingerprint density at radius 1 is 1.43 bits per heavy atom. The summed E-state index contributed by atoms with van der Waals surface area (Å²) in [5.41, 5.74) is 0.438. The van der Waals surface area contributed by atoms with Gasteiger partial charge in [-0.05, 0) is 24.6 Å². The first-order valence-electron chi connectivity index (χ1n) is 6.37. The van der Waals surface area contributed by atoms with Crippen molar-refractivity contribution in [2.75, 3.05) is 17.2 Å². The van der Waals surface area contributed by atoms with E-state index in [1.54, 1.807) is 0 Å². The van der Waals surface area contributed by atoms with E-state index in [-0.39, 0.29) is 16.3 Å². The van der Waals surface area contributed by atoms with E-state index in [1.807, 2.05) is 13.0 Å². The summed E-state index contributed by atoms with van der Waals surface area (Å²) < 4.78 is 13.8. The zero-order chi connectivity index (χ0) is 15.2. The van der Waals surface area contributed by atoms with Gasteiger partial charge in [-0.25, -0.2) is 9.37 Å². The fourth-order valence-corrected chi connectivity index (χ4v) is 1.73. The van der Waals surface area contributed by atoms with Crippen LogP contribution in [0.5, 0.6) is 0 Å². The molecule has 1 heterocycles. The average molecular weight is 306 g/mol. The second kappa shape index (κ2) is 6.86. The molecule has 0 unspecified atom stereocenters. The third-order valence-corrected chi connectivity index (χ3v) is 2.91. The number of nitrogens with one attached hydrogen (secondary N) is 2. The van der Waals surface area contributed by atoms with Crippen LogP contribution in [0.25, 0.3) is 0 Å². The summed E-state index contributed by atoms with van der Waals surface area (Å²) in [4.78, 5) is 8.23. The average Bonchev–Trinajstić information content (AvgIpc) is 2.49. The van der Waals surface area contributed by atoms with Gasteiger partial charge >= 0.3 is 0 Å². The van der Waals surface area contributed by atoms with Crippen molar-refractivity contribution in [2.24, 2.45) is 0 Å². The van der Waals surface area contributed by atoms with Gasteiger partial charge in [0, 0.05) is 6.54 Å². The van der Waals surface area contributed by atoms with Crippen molar-refractivity contribution in [1.82, 2.24) is 9.97 Å². The second-order valence-corrected chi connectivity index (χ2v) is 4.66. The number of anilines is 3. The van der Waals surface area contributed by atoms with Gasteiger partial charge in [-0.1, -0.05) is 18.5 Å². The van der Waals surface area contributed by atoms with Gasteiger partial charge in [-0.15, -0.1) is 0 Å². The summed E-state index contributed by atoms with van der Waals surface area (Å²) in [7, 11) is 0. The standard InChI is InChI=1S/C14H13ClFN5/c1-2-5-18-14-19-8-10(15)13(21-14)20-12-4-3-9(7-17)6-11(12)16/h3-4,6,8H,2,5H2,1H3,(H2,18,19,20,21). The largest absolute Gasteiger partial charge is 0.354 e. The Balaban J connectivity index is 2.24. The topological polar surface area (TPSA) is 73.6 Å². The van der Waals surface area contributed by atoms with E-state index in [1.165, 1.54) is 18.3 Å². The minimum Gasteiger partial charge on any atom is -0.354 e. The summed E-state index contributed by atoms with van der Waals surface area (Å²) in [6, 6.07) is 5.99. The molecule has 2 N–H and O–H groups in total. The van der Waals surface area contributed by atoms with Gasteiger partial charge in [-0.3, -0.25) is 0 Å². The summed E-state index contributed by atoms with van der Waals surface area (Å²) in [5, 5.41) is 14.8. The van der Waals surface area contributed by atoms with E-state index >= 15 is 0 Å². The fraction of sp³-hybridized carbons (Fsp3) is 0.214. The Kier molecular flexibility index (Phi) is 4.90. The Morgan fingerprint density at radius 2 is 2.24 bits per heavy atom. The summed E-state index contributed by atoms with van der Waals surface area (Å²) in [6.45, 7) is 2.75. The zero-order valence-electron chi connectivity index (χ0n) is 11.3. The number of halogens is 2. The Bertz CT molecular complexity index is 684. The molecule has 0 bridgehead atoms. The maximum atomic E-state index is 13.8. The van der Waals surface area contributed by atoms with Gasteiger partial charge in [0.2, 0.25) is 5.95 Å². The van der Waals surface area contributed by atoms with Crippen LogP contribution in [0.4, 0.5) is 21.8 Å². The van der Waals surface area contributed by atoms with Crippen molar-refractivity contribution in [3.8, 4) is 6.07 Å². The Hall–Kier alpha value is -2.39. The highest BCUT2D eigenvalue weighted by Crippen LogP contribution is 2.25. The van der Waals surface area contributed by atoms with Gasteiger partial charge in [0.25, 0.3) is 0 Å². The lowest BCUT2D eigenvalue weighted by Gasteiger charge is -2.10. The smallest absolute Gasteiger partial charge is 0.224 e. The summed E-state index contributed by atoms with van der Waals surface area (Å²) >= 11 is 6.00. The second-order valence-electron chi connectivity index (χ2n) is 4.25. The first-order valence-corrected chi connectivity index (χ1v) is 6.75. The molecule has 7 heteroatoms. The molecular weight excluding hydrogens is 293 g/mol. The lowest BCUT2D eigenvalue weighted by Crippen LogP contribution is -2.06. The monoisotopic (exact) mass is 305 g/mol. The van der Waals surface area contributed by atoms with Gasteiger partial charge in [0.15, 0.2) is 5.82 Å². The number of rotatable bonds is 5. The molecule has 0 aliphatic heterocycles. The van der Waals surface area contributed by atoms with E-state index in [4.69, 9.17) is 16.9 Å². The normalized spacial score (nSPS) is 10.0. The van der Waals surface area contributed by atoms with E-state index in [0.29, 0.717) is 11.8 Å². The summed E-state index contributed by atoms with van der Waals surface area (Å²) in [5.74, 6) is 0.165. The molecule has 0 amide bonds. The molecule has 21 heavy (non-hydrogen) atoms. The van der Waals surface area contributed by atoms with E-state index in [9.17, 15) is 4.39 Å². The van der Waals surface area contributed by atoms with Crippen molar-refractivity contribution in [2.45, 2.75) is 13.3 Å². The number of aromatic nitrogens is 2. The van der Waals surface area contributed by atoms with Gasteiger partial charge in [0.05, 0.1) is 23.5 Å². The van der Waals surface area contributed by atoms with Crippen LogP contribution in [0.1, 0.15) is 18.9 Å². The first kappa shape index (κ1) is 15.0. The van der Waals surface area contributed by atoms with Crippen LogP contribution >= 0.6 is 11.6 Å². The van der Waals surface area contributed by atoms with Crippen LogP contribution in [0.2, 0.25) is 5.02 Å². The van der Waals surface area contributed by atoms with Crippen molar-refractivity contribution < 1.29 is 4.39 Å². The van der Waals surface area contributed by atoms with Crippen LogP contribution in [0, 0.1) is 17.1 Å². The number of nitriles is 1. The number of hydrogen-bond acceptors (Lipinski definition) is 5. The molecule has 0 saturated heterocycles. The molecule has 0 saturated carbocycles. The van der Waals surface area contributed by atoms with Crippen LogP contribution in [0.3, 0.4) is 0 Å². The highest BCUT2D eigenvalue weighted by molar-refractivity contribution is 6.32. The lowest BCUT2D eigenvalue weighted by molar-refractivity contribution is 0.631. The quantitative estimate of drug-likeness (QED) is 0.881. The van der Waals surface area contributed by atoms with Gasteiger partial charge in [0.1, 0.15) is 10.8 Å². The van der Waals surface area contributed by atoms with Gasteiger partial charge < -0.3 is 10.6 Å². The third kappa shape index (κ3) is 3.80. The molecule has 0 spiro atoms. The SMILES string of the molecule is CCCNc1ncc(Cl)c(Nc2ccc(C#N)cc2F)n1. The minimum absolute atomic E-state index is 0.191. The highest BCUT2D eigenvalue weighted by atomic mass is 35.5. The van der Waals surface area contributed by atoms with Gasteiger partial charge in [-0.2, -0.15) is 10.2 Å². The molecule has 108 valence electrons. The molecule has 5 nitrogen and oxygen atoms in total. The van der Waals surface area contributed by atoms with E-state index in [0.717, 1.165) is 19.0 Å². The number of nitrogens with zero attached hydrogens (tertiary/aromatic N) is 3. The van der Waals surface area contributed by atoms with Crippen molar-refractivity contribution in [3.63, 3.8) is 0 Å². The molecule has 2 rings (SSSR count). The van der Waals surface area contributed by atoms with Crippen LogP contribution in [0.15, 0.2) is 24.4 Å². The molecular formula is C14H13ClFN5. The van der Waals surface area contributed by atoms with E-state index < -0.39 is 5.82 Å². The van der Waals surface area contributed by atoms with E-state index in [2.05, 4.69) is 20.6 Å². The lowest BCUT2D eigenvalue weighted by atomic mass is 10.2. The maximum absolute atomic E-state index is 13.8. The molecule has 0 aliphatic carbocycles. The molecule has 0 fully saturated rings. The molecule has 2 aromatic rings. The fourth-order valence-electron chi connectivity index (χ4n) is 1.59. The van der Waals surface area contributed by atoms with Crippen molar-refractivity contribution in [3.05, 3.63) is 40.8 Å². The minimum atomic E-state index is -0.549. The molecule has 0 radical (unpaired) electrons. The predicted octanol–water partition coefficient (Wildman–Crippen LogP) is 3.71. The predicted molar refractivity (Wildman–Crippen MR) is 80.2 cm³/mol. The Morgan fingerprint density at radius 3 is 2.90 bits per heavy atom. The summed E-state index contributed by atoms with van der Waals surface area (Å²) in [6.07, 6.45) is 2.37. The molecule has 1 aromatic carbocycles. The van der Waals surface area contributed by atoms with Crippen LogP contribution < -0.4 is 10.6 Å². The van der Waals surface area contributed by atoms with Crippen LogP contribution in [-0.2, 0) is 0 Å². The number of benzene rings is 1. The number of hydrogen-bond donors (Lipinski definition) is 2. The first-order chi connectivity index (χ1) is 10.1. The van der Waals surface area contributed by atoms with Crippen molar-refractivity contribution in [1.29, 1.82) is 5.26 Å². The molecule has 0 aliphatic rings. The maximum Gasteiger partial charge on any atom is 0.224 e. The third-order valence-electron chi connectivity index (χ3n) is 2.63. The zero-order valence-corrected chi connectivity index (χ0v) is 12.1. The molecule has 0 atom stereocenters. The van der Waals surface area contributed by atoms with Crippen LogP contribution in [-0.4, -0.2) is 16.5 Å². The Labute approximate surface area is 126 Å². The van der Waals surface area contributed by atoms with Crippen molar-refractivity contribution >= 4 is 29.1 Å². The highest BCUT2D eigenvalue weighted by Gasteiger charge is 2.09. The molecule has 1 aromatic heterocycles.